The molecule has 3 nitrogen and oxygen atoms in total. The maximum absolute atomic E-state index is 11.3. The third-order valence-corrected chi connectivity index (χ3v) is 5.69. The molecule has 0 bridgehead atoms. The minimum absolute atomic E-state index is 0.0909. The Balaban J connectivity index is 2.07. The molecule has 0 radical (unpaired) electrons. The normalized spacial score (nSPS) is 35.8. The molecule has 3 heteroatoms. The van der Waals surface area contributed by atoms with Crippen molar-refractivity contribution in [2.75, 3.05) is 19.8 Å². The summed E-state index contributed by atoms with van der Waals surface area (Å²) >= 11 is 0. The van der Waals surface area contributed by atoms with Crippen LogP contribution in [-0.4, -0.2) is 30.5 Å². The molecule has 1 aliphatic heterocycles. The first kappa shape index (κ1) is 15.3. The molecule has 0 aromatic carbocycles. The van der Waals surface area contributed by atoms with Crippen LogP contribution in [0.15, 0.2) is 0 Å². The highest BCUT2D eigenvalue weighted by Crippen LogP contribution is 2.48. The second-order valence-corrected chi connectivity index (χ2v) is 6.71. The Bertz CT molecular complexity index is 276. The van der Waals surface area contributed by atoms with E-state index in [0.29, 0.717) is 6.54 Å². The Kier molecular flexibility index (Phi) is 5.27. The van der Waals surface area contributed by atoms with Crippen LogP contribution in [0.1, 0.15) is 64.7 Å². The molecule has 3 N–H and O–H groups in total. The standard InChI is InChI=1S/C16H31NO2/c1-2-4-14-5-3-7-16(18,8-6-14)15(13-17)9-11-19-12-10-15/h14,18H,2-13,17H2,1H3. The molecule has 1 heterocycles. The van der Waals surface area contributed by atoms with Crippen LogP contribution in [0, 0.1) is 11.3 Å². The molecule has 1 saturated heterocycles. The van der Waals surface area contributed by atoms with Crippen LogP contribution in [0.2, 0.25) is 0 Å². The van der Waals surface area contributed by atoms with Gasteiger partial charge in [0.05, 0.1) is 5.60 Å². The molecule has 0 aromatic rings. The van der Waals surface area contributed by atoms with E-state index in [0.717, 1.165) is 51.2 Å². The molecule has 2 aliphatic rings. The van der Waals surface area contributed by atoms with E-state index in [1.165, 1.54) is 25.7 Å². The molecule has 1 saturated carbocycles. The van der Waals surface area contributed by atoms with E-state index in [9.17, 15) is 5.11 Å². The summed E-state index contributed by atoms with van der Waals surface area (Å²) in [7, 11) is 0. The van der Waals surface area contributed by atoms with Crippen LogP contribution < -0.4 is 5.73 Å². The summed E-state index contributed by atoms with van der Waals surface area (Å²) in [5.41, 5.74) is 5.44. The van der Waals surface area contributed by atoms with Crippen LogP contribution in [0.3, 0.4) is 0 Å². The maximum Gasteiger partial charge on any atom is 0.0717 e. The van der Waals surface area contributed by atoms with Crippen molar-refractivity contribution in [2.45, 2.75) is 70.3 Å². The third kappa shape index (κ3) is 3.14. The van der Waals surface area contributed by atoms with Crippen molar-refractivity contribution in [2.24, 2.45) is 17.1 Å². The number of nitrogens with two attached hydrogens (primary N) is 1. The van der Waals surface area contributed by atoms with Crippen molar-refractivity contribution < 1.29 is 9.84 Å². The van der Waals surface area contributed by atoms with Gasteiger partial charge in [-0.3, -0.25) is 0 Å². The van der Waals surface area contributed by atoms with Crippen molar-refractivity contribution in [3.63, 3.8) is 0 Å². The predicted octanol–water partition coefficient (Wildman–Crippen LogP) is 2.85. The van der Waals surface area contributed by atoms with E-state index >= 15 is 0 Å². The lowest BCUT2D eigenvalue weighted by atomic mass is 9.63. The van der Waals surface area contributed by atoms with E-state index in [2.05, 4.69) is 6.92 Å². The fraction of sp³-hybridized carbons (Fsp3) is 1.00. The van der Waals surface area contributed by atoms with Crippen LogP contribution >= 0.6 is 0 Å². The van der Waals surface area contributed by atoms with Crippen LogP contribution in [-0.2, 0) is 4.74 Å². The quantitative estimate of drug-likeness (QED) is 0.772. The van der Waals surface area contributed by atoms with E-state index in [1.54, 1.807) is 0 Å². The van der Waals surface area contributed by atoms with Gasteiger partial charge >= 0.3 is 0 Å². The first-order chi connectivity index (χ1) is 9.16. The Morgan fingerprint density at radius 3 is 2.53 bits per heavy atom. The number of aliphatic hydroxyl groups is 1. The average molecular weight is 269 g/mol. The molecule has 1 aliphatic carbocycles. The lowest BCUT2D eigenvalue weighted by molar-refractivity contribution is -0.136. The minimum Gasteiger partial charge on any atom is -0.389 e. The highest BCUT2D eigenvalue weighted by Gasteiger charge is 2.50. The second kappa shape index (κ2) is 6.55. The first-order valence-corrected chi connectivity index (χ1v) is 8.16. The topological polar surface area (TPSA) is 55.5 Å². The summed E-state index contributed by atoms with van der Waals surface area (Å²) in [5, 5.41) is 11.3. The molecule has 0 aromatic heterocycles. The monoisotopic (exact) mass is 269 g/mol. The summed E-state index contributed by atoms with van der Waals surface area (Å²) in [6.45, 7) is 4.39. The summed E-state index contributed by atoms with van der Waals surface area (Å²) in [5.74, 6) is 0.814. The summed E-state index contributed by atoms with van der Waals surface area (Å²) in [6.07, 6.45) is 9.92. The zero-order valence-electron chi connectivity index (χ0n) is 12.5. The van der Waals surface area contributed by atoms with E-state index < -0.39 is 5.60 Å². The summed E-state index contributed by atoms with van der Waals surface area (Å²) in [6, 6.07) is 0. The molecule has 2 fully saturated rings. The Labute approximate surface area is 117 Å². The van der Waals surface area contributed by atoms with Crippen LogP contribution in [0.25, 0.3) is 0 Å². The fourth-order valence-electron chi connectivity index (χ4n) is 4.24. The average Bonchev–Trinajstić information content (AvgIpc) is 2.63. The highest BCUT2D eigenvalue weighted by atomic mass is 16.5. The molecule has 19 heavy (non-hydrogen) atoms. The van der Waals surface area contributed by atoms with Gasteiger partial charge in [0.2, 0.25) is 0 Å². The van der Waals surface area contributed by atoms with Gasteiger partial charge in [0.15, 0.2) is 0 Å². The van der Waals surface area contributed by atoms with Gasteiger partial charge in [0, 0.05) is 25.2 Å². The maximum atomic E-state index is 11.3. The molecular weight excluding hydrogens is 238 g/mol. The minimum atomic E-state index is -0.548. The first-order valence-electron chi connectivity index (χ1n) is 8.16. The molecule has 2 atom stereocenters. The van der Waals surface area contributed by atoms with Gasteiger partial charge in [-0.1, -0.05) is 32.6 Å². The molecule has 0 spiro atoms. The lowest BCUT2D eigenvalue weighted by Crippen LogP contribution is -2.55. The Morgan fingerprint density at radius 2 is 1.89 bits per heavy atom. The molecule has 2 rings (SSSR count). The van der Waals surface area contributed by atoms with E-state index in [4.69, 9.17) is 10.5 Å². The van der Waals surface area contributed by atoms with Crippen molar-refractivity contribution in [1.29, 1.82) is 0 Å². The van der Waals surface area contributed by atoms with Gasteiger partial charge in [0.25, 0.3) is 0 Å². The van der Waals surface area contributed by atoms with E-state index in [-0.39, 0.29) is 5.41 Å². The third-order valence-electron chi connectivity index (χ3n) is 5.69. The van der Waals surface area contributed by atoms with Crippen molar-refractivity contribution in [3.05, 3.63) is 0 Å². The fourth-order valence-corrected chi connectivity index (χ4v) is 4.24. The number of hydrogen-bond donors (Lipinski definition) is 2. The summed E-state index contributed by atoms with van der Waals surface area (Å²) < 4.78 is 5.49. The SMILES string of the molecule is CCCC1CCCC(O)(C2(CN)CCOCC2)CC1. The van der Waals surface area contributed by atoms with Gasteiger partial charge in [-0.25, -0.2) is 0 Å². The summed E-state index contributed by atoms with van der Waals surface area (Å²) in [4.78, 5) is 0. The number of hydrogen-bond acceptors (Lipinski definition) is 3. The smallest absolute Gasteiger partial charge is 0.0717 e. The predicted molar refractivity (Wildman–Crippen MR) is 78.0 cm³/mol. The van der Waals surface area contributed by atoms with Crippen molar-refractivity contribution >= 4 is 0 Å². The van der Waals surface area contributed by atoms with Gasteiger partial charge in [-0.15, -0.1) is 0 Å². The van der Waals surface area contributed by atoms with Crippen molar-refractivity contribution in [1.82, 2.24) is 0 Å². The largest absolute Gasteiger partial charge is 0.389 e. The highest BCUT2D eigenvalue weighted by molar-refractivity contribution is 5.01. The van der Waals surface area contributed by atoms with E-state index in [1.807, 2.05) is 0 Å². The Hall–Kier alpha value is -0.120. The van der Waals surface area contributed by atoms with Gasteiger partial charge in [0.1, 0.15) is 0 Å². The number of ether oxygens (including phenoxy) is 1. The van der Waals surface area contributed by atoms with Gasteiger partial charge < -0.3 is 15.6 Å². The van der Waals surface area contributed by atoms with Crippen LogP contribution in [0.5, 0.6) is 0 Å². The number of rotatable bonds is 4. The second-order valence-electron chi connectivity index (χ2n) is 6.71. The zero-order chi connectivity index (χ0) is 13.8. The van der Waals surface area contributed by atoms with Crippen LogP contribution in [0.4, 0.5) is 0 Å². The zero-order valence-corrected chi connectivity index (χ0v) is 12.5. The molecule has 0 amide bonds. The Morgan fingerprint density at radius 1 is 1.16 bits per heavy atom. The van der Waals surface area contributed by atoms with Gasteiger partial charge in [-0.2, -0.15) is 0 Å². The molecular formula is C16H31NO2. The van der Waals surface area contributed by atoms with Crippen molar-refractivity contribution in [3.8, 4) is 0 Å². The van der Waals surface area contributed by atoms with Gasteiger partial charge in [-0.05, 0) is 38.0 Å². The molecule has 2 unspecified atom stereocenters. The molecule has 112 valence electrons. The lowest BCUT2D eigenvalue weighted by Gasteiger charge is -2.49.